The van der Waals surface area contributed by atoms with E-state index in [1.54, 1.807) is 17.0 Å². The highest BCUT2D eigenvalue weighted by atomic mass is 35.5. The molecule has 3 aromatic rings. The maximum absolute atomic E-state index is 13.5. The standard InChI is InChI=1S/C23H25ClN6O4S2/c1-13-9-18-19(11-26-13)35-21(27-18)23(32)30-8-7-29(12-15(30)3-2-6-25)36(33,34)22-20(31)16-10-14(24)4-5-17(16)28-22/h4-5,10,13,15,26,28,31H,2-3,7-9,11-12H2,1H3. The predicted molar refractivity (Wildman–Crippen MR) is 136 cm³/mol. The first-order valence-corrected chi connectivity index (χ1v) is 14.2. The van der Waals surface area contributed by atoms with Crippen molar-refractivity contribution in [3.63, 3.8) is 0 Å². The number of aromatic hydroxyl groups is 1. The van der Waals surface area contributed by atoms with Gasteiger partial charge in [0.2, 0.25) is 0 Å². The maximum atomic E-state index is 13.5. The molecule has 2 aromatic heterocycles. The number of carbonyl (C=O) groups is 1. The van der Waals surface area contributed by atoms with Crippen molar-refractivity contribution in [1.29, 1.82) is 5.26 Å². The van der Waals surface area contributed by atoms with Crippen LogP contribution in [0, 0.1) is 11.3 Å². The number of benzene rings is 1. The Morgan fingerprint density at radius 2 is 2.19 bits per heavy atom. The number of carbonyl (C=O) groups excluding carboxylic acids is 1. The van der Waals surface area contributed by atoms with E-state index in [4.69, 9.17) is 16.9 Å². The molecule has 0 aliphatic carbocycles. The molecule has 190 valence electrons. The van der Waals surface area contributed by atoms with Gasteiger partial charge < -0.3 is 20.3 Å². The number of aromatic nitrogens is 2. The highest BCUT2D eigenvalue weighted by molar-refractivity contribution is 7.89. The SMILES string of the molecule is CC1Cc2nc(C(=O)N3CCN(S(=O)(=O)c4[nH]c5ccc(Cl)cc5c4O)CC3CCC#N)sc2CN1. The fourth-order valence-electron chi connectivity index (χ4n) is 4.76. The van der Waals surface area contributed by atoms with Gasteiger partial charge in [0.1, 0.15) is 0 Å². The molecule has 3 N–H and O–H groups in total. The highest BCUT2D eigenvalue weighted by Crippen LogP contribution is 2.36. The Kier molecular flexibility index (Phi) is 6.69. The molecule has 4 heterocycles. The van der Waals surface area contributed by atoms with Crippen LogP contribution in [-0.4, -0.2) is 70.3 Å². The minimum Gasteiger partial charge on any atom is -0.504 e. The lowest BCUT2D eigenvalue weighted by atomic mass is 10.1. The van der Waals surface area contributed by atoms with E-state index in [2.05, 4.69) is 28.3 Å². The molecule has 2 aliphatic heterocycles. The number of halogens is 1. The Balaban J connectivity index is 1.41. The molecule has 10 nitrogen and oxygen atoms in total. The Labute approximate surface area is 217 Å². The number of aromatic amines is 1. The number of nitrogens with one attached hydrogen (secondary N) is 2. The number of nitriles is 1. The lowest BCUT2D eigenvalue weighted by Crippen LogP contribution is -2.56. The number of H-pyrrole nitrogens is 1. The van der Waals surface area contributed by atoms with Gasteiger partial charge in [0.25, 0.3) is 15.9 Å². The van der Waals surface area contributed by atoms with Gasteiger partial charge in [-0.25, -0.2) is 13.4 Å². The summed E-state index contributed by atoms with van der Waals surface area (Å²) in [5, 5.41) is 24.0. The Hall–Kier alpha value is -2.69. The van der Waals surface area contributed by atoms with Crippen LogP contribution in [0.4, 0.5) is 0 Å². The van der Waals surface area contributed by atoms with Crippen molar-refractivity contribution in [2.75, 3.05) is 19.6 Å². The van der Waals surface area contributed by atoms with Gasteiger partial charge in [-0.05, 0) is 31.5 Å². The first-order chi connectivity index (χ1) is 17.2. The van der Waals surface area contributed by atoms with E-state index in [1.807, 2.05) is 0 Å². The number of hydrogen-bond acceptors (Lipinski definition) is 8. The van der Waals surface area contributed by atoms with Crippen molar-refractivity contribution in [2.45, 2.75) is 49.8 Å². The molecule has 1 saturated heterocycles. The van der Waals surface area contributed by atoms with Crippen molar-refractivity contribution in [2.24, 2.45) is 0 Å². The van der Waals surface area contributed by atoms with Gasteiger partial charge in [-0.15, -0.1) is 11.3 Å². The van der Waals surface area contributed by atoms with E-state index < -0.39 is 21.8 Å². The second kappa shape index (κ2) is 9.64. The predicted octanol–water partition coefficient (Wildman–Crippen LogP) is 2.84. The topological polar surface area (TPSA) is 142 Å². The van der Waals surface area contributed by atoms with Crippen molar-refractivity contribution in [1.82, 2.24) is 24.5 Å². The third-order valence-corrected chi connectivity index (χ3v) is 9.81. The van der Waals surface area contributed by atoms with Crippen LogP contribution in [0.15, 0.2) is 23.2 Å². The zero-order valence-electron chi connectivity index (χ0n) is 19.5. The van der Waals surface area contributed by atoms with E-state index in [0.29, 0.717) is 33.9 Å². The van der Waals surface area contributed by atoms with E-state index >= 15 is 0 Å². The van der Waals surface area contributed by atoms with Crippen molar-refractivity contribution < 1.29 is 18.3 Å². The third kappa shape index (κ3) is 4.46. The summed E-state index contributed by atoms with van der Waals surface area (Å²) in [6.07, 6.45) is 1.25. The number of fused-ring (bicyclic) bond motifs is 2. The smallest absolute Gasteiger partial charge is 0.283 e. The number of amides is 1. The molecular weight excluding hydrogens is 524 g/mol. The van der Waals surface area contributed by atoms with Crippen LogP contribution >= 0.6 is 22.9 Å². The number of nitrogens with zero attached hydrogens (tertiary/aromatic N) is 4. The second-order valence-electron chi connectivity index (χ2n) is 9.08. The minimum absolute atomic E-state index is 0.00892. The molecule has 1 fully saturated rings. The first kappa shape index (κ1) is 25.0. The molecule has 2 aliphatic rings. The molecule has 1 amide bonds. The lowest BCUT2D eigenvalue weighted by Gasteiger charge is -2.40. The summed E-state index contributed by atoms with van der Waals surface area (Å²) in [5.41, 5.74) is 1.38. The van der Waals surface area contributed by atoms with Crippen LogP contribution in [-0.2, 0) is 23.0 Å². The molecule has 2 atom stereocenters. The fraction of sp³-hybridized carbons (Fsp3) is 0.435. The molecule has 0 radical (unpaired) electrons. The average molecular weight is 549 g/mol. The molecule has 1 aromatic carbocycles. The summed E-state index contributed by atoms with van der Waals surface area (Å²) in [6.45, 7) is 2.96. The minimum atomic E-state index is -4.10. The van der Waals surface area contributed by atoms with Gasteiger partial charge in [-0.2, -0.15) is 9.57 Å². The molecule has 13 heteroatoms. The summed E-state index contributed by atoms with van der Waals surface area (Å²) in [7, 11) is -4.10. The quantitative estimate of drug-likeness (QED) is 0.445. The van der Waals surface area contributed by atoms with Gasteiger partial charge in [-0.1, -0.05) is 11.6 Å². The van der Waals surface area contributed by atoms with Crippen molar-refractivity contribution >= 4 is 49.8 Å². The van der Waals surface area contributed by atoms with Gasteiger partial charge in [0, 0.05) is 66.4 Å². The van der Waals surface area contributed by atoms with E-state index in [9.17, 15) is 18.3 Å². The number of hydrogen-bond donors (Lipinski definition) is 3. The number of piperazine rings is 1. The van der Waals surface area contributed by atoms with Crippen LogP contribution in [0.3, 0.4) is 0 Å². The second-order valence-corrected chi connectivity index (χ2v) is 12.5. The third-order valence-electron chi connectivity index (χ3n) is 6.67. The summed E-state index contributed by atoms with van der Waals surface area (Å²) in [5.74, 6) is -0.638. The largest absolute Gasteiger partial charge is 0.504 e. The van der Waals surface area contributed by atoms with Gasteiger partial charge in [-0.3, -0.25) is 4.79 Å². The lowest BCUT2D eigenvalue weighted by molar-refractivity contribution is 0.0552. The molecule has 0 spiro atoms. The Morgan fingerprint density at radius 1 is 1.39 bits per heavy atom. The molecule has 36 heavy (non-hydrogen) atoms. The average Bonchev–Trinajstić information content (AvgIpc) is 3.43. The fourth-order valence-corrected chi connectivity index (χ4v) is 7.47. The summed E-state index contributed by atoms with van der Waals surface area (Å²) < 4.78 is 28.3. The first-order valence-electron chi connectivity index (χ1n) is 11.6. The Bertz CT molecular complexity index is 1480. The molecule has 5 rings (SSSR count). The van der Waals surface area contributed by atoms with E-state index in [1.165, 1.54) is 21.7 Å². The van der Waals surface area contributed by atoms with Gasteiger partial charge >= 0.3 is 0 Å². The zero-order chi connectivity index (χ0) is 25.6. The van der Waals surface area contributed by atoms with Crippen LogP contribution in [0.5, 0.6) is 5.75 Å². The van der Waals surface area contributed by atoms with Crippen LogP contribution in [0.1, 0.15) is 40.1 Å². The van der Waals surface area contributed by atoms with Gasteiger partial charge in [0.15, 0.2) is 15.8 Å². The summed E-state index contributed by atoms with van der Waals surface area (Å²) >= 11 is 7.37. The van der Waals surface area contributed by atoms with E-state index in [0.717, 1.165) is 17.0 Å². The zero-order valence-corrected chi connectivity index (χ0v) is 21.9. The number of rotatable bonds is 5. The number of thiazole rings is 1. The Morgan fingerprint density at radius 3 is 2.97 bits per heavy atom. The summed E-state index contributed by atoms with van der Waals surface area (Å²) in [4.78, 5) is 23.5. The van der Waals surface area contributed by atoms with Crippen LogP contribution < -0.4 is 5.32 Å². The highest BCUT2D eigenvalue weighted by Gasteiger charge is 2.39. The molecule has 2 unspecified atom stereocenters. The van der Waals surface area contributed by atoms with Crippen molar-refractivity contribution in [3.8, 4) is 11.8 Å². The molecule has 0 bridgehead atoms. The van der Waals surface area contributed by atoms with Crippen molar-refractivity contribution in [3.05, 3.63) is 38.8 Å². The van der Waals surface area contributed by atoms with Crippen LogP contribution in [0.25, 0.3) is 10.9 Å². The summed E-state index contributed by atoms with van der Waals surface area (Å²) in [6, 6.07) is 6.58. The maximum Gasteiger partial charge on any atom is 0.283 e. The van der Waals surface area contributed by atoms with E-state index in [-0.39, 0.29) is 43.0 Å². The molecular formula is C23H25ClN6O4S2. The number of sulfonamides is 1. The van der Waals surface area contributed by atoms with Gasteiger partial charge in [0.05, 0.1) is 17.3 Å². The molecule has 0 saturated carbocycles. The normalized spacial score (nSPS) is 20.9. The monoisotopic (exact) mass is 548 g/mol. The van der Waals surface area contributed by atoms with Crippen LogP contribution in [0.2, 0.25) is 5.02 Å².